The summed E-state index contributed by atoms with van der Waals surface area (Å²) in [6, 6.07) is 11.9. The number of thioether (sulfide) groups is 1. The summed E-state index contributed by atoms with van der Waals surface area (Å²) in [5.41, 5.74) is 1.65. The molecule has 0 aromatic heterocycles. The predicted molar refractivity (Wildman–Crippen MR) is 92.5 cm³/mol. The molecule has 0 saturated heterocycles. The number of thiocarbonyl (C=S) groups is 1. The molecule has 0 spiro atoms. The van der Waals surface area contributed by atoms with Crippen LogP contribution >= 0.6 is 24.0 Å². The second kappa shape index (κ2) is 8.10. The van der Waals surface area contributed by atoms with Gasteiger partial charge in [-0.25, -0.2) is 8.78 Å². The van der Waals surface area contributed by atoms with Crippen molar-refractivity contribution < 1.29 is 8.78 Å². The molecule has 0 fully saturated rings. The molecule has 2 rings (SSSR count). The van der Waals surface area contributed by atoms with Gasteiger partial charge in [0, 0.05) is 28.9 Å². The first-order valence-electron chi connectivity index (χ1n) is 6.74. The zero-order chi connectivity index (χ0) is 15.9. The van der Waals surface area contributed by atoms with Crippen molar-refractivity contribution in [2.75, 3.05) is 17.6 Å². The zero-order valence-electron chi connectivity index (χ0n) is 12.0. The number of halogens is 2. The van der Waals surface area contributed by atoms with Crippen LogP contribution in [0.25, 0.3) is 0 Å². The molecular weight excluding hydrogens is 322 g/mol. The largest absolute Gasteiger partial charge is 0.362 e. The highest BCUT2D eigenvalue weighted by Crippen LogP contribution is 2.17. The van der Waals surface area contributed by atoms with Crippen LogP contribution in [0.4, 0.5) is 14.5 Å². The summed E-state index contributed by atoms with van der Waals surface area (Å²) in [5.74, 6) is -0.926. The average Bonchev–Trinajstić information content (AvgIpc) is 2.49. The highest BCUT2D eigenvalue weighted by molar-refractivity contribution is 7.99. The fourth-order valence-electron chi connectivity index (χ4n) is 1.72. The van der Waals surface area contributed by atoms with Gasteiger partial charge in [0.15, 0.2) is 16.7 Å². The molecule has 2 aromatic carbocycles. The highest BCUT2D eigenvalue weighted by atomic mass is 32.2. The quantitative estimate of drug-likeness (QED) is 0.481. The van der Waals surface area contributed by atoms with Crippen molar-refractivity contribution in [3.8, 4) is 0 Å². The first kappa shape index (κ1) is 16.7. The lowest BCUT2D eigenvalue weighted by Gasteiger charge is -2.10. The third-order valence-electron chi connectivity index (χ3n) is 2.85. The Morgan fingerprint density at radius 2 is 1.82 bits per heavy atom. The standard InChI is InChI=1S/C16H16F2N2S2/c1-11-2-5-13(6-3-11)22-9-8-19-16(21)20-12-4-7-14(17)15(18)10-12/h2-7,10H,8-9H2,1H3,(H2,19,20,21). The lowest BCUT2D eigenvalue weighted by atomic mass is 10.2. The van der Waals surface area contributed by atoms with Gasteiger partial charge < -0.3 is 10.6 Å². The van der Waals surface area contributed by atoms with E-state index in [1.54, 1.807) is 11.8 Å². The maximum absolute atomic E-state index is 13.1. The molecule has 0 aliphatic heterocycles. The average molecular weight is 338 g/mol. The van der Waals surface area contributed by atoms with E-state index in [4.69, 9.17) is 12.2 Å². The molecule has 0 saturated carbocycles. The number of aryl methyl sites for hydroxylation is 1. The minimum absolute atomic E-state index is 0.385. The summed E-state index contributed by atoms with van der Waals surface area (Å²) in [6.45, 7) is 2.73. The lowest BCUT2D eigenvalue weighted by molar-refractivity contribution is 0.509. The molecule has 2 aromatic rings. The Bertz CT molecular complexity index is 645. The Morgan fingerprint density at radius 1 is 1.09 bits per heavy atom. The minimum atomic E-state index is -0.900. The van der Waals surface area contributed by atoms with Crippen molar-refractivity contribution in [2.45, 2.75) is 11.8 Å². The van der Waals surface area contributed by atoms with Crippen LogP contribution in [0.3, 0.4) is 0 Å². The van der Waals surface area contributed by atoms with E-state index in [2.05, 4.69) is 41.8 Å². The third-order valence-corrected chi connectivity index (χ3v) is 4.11. The van der Waals surface area contributed by atoms with Gasteiger partial charge in [0.2, 0.25) is 0 Å². The van der Waals surface area contributed by atoms with Gasteiger partial charge in [0.1, 0.15) is 0 Å². The first-order valence-corrected chi connectivity index (χ1v) is 8.13. The van der Waals surface area contributed by atoms with Crippen molar-refractivity contribution in [1.29, 1.82) is 0 Å². The summed E-state index contributed by atoms with van der Waals surface area (Å²) in [6.07, 6.45) is 0. The van der Waals surface area contributed by atoms with E-state index in [0.717, 1.165) is 17.9 Å². The molecule has 116 valence electrons. The van der Waals surface area contributed by atoms with Crippen molar-refractivity contribution in [2.24, 2.45) is 0 Å². The summed E-state index contributed by atoms with van der Waals surface area (Å²) < 4.78 is 25.9. The molecule has 0 atom stereocenters. The zero-order valence-corrected chi connectivity index (χ0v) is 13.7. The molecule has 22 heavy (non-hydrogen) atoms. The summed E-state index contributed by atoms with van der Waals surface area (Å²) in [5, 5.41) is 6.24. The van der Waals surface area contributed by atoms with Crippen molar-refractivity contribution in [3.63, 3.8) is 0 Å². The van der Waals surface area contributed by atoms with E-state index in [9.17, 15) is 8.78 Å². The topological polar surface area (TPSA) is 24.1 Å². The second-order valence-corrected chi connectivity index (χ2v) is 6.25. The fourth-order valence-corrected chi connectivity index (χ4v) is 2.71. The first-order chi connectivity index (χ1) is 10.5. The van der Waals surface area contributed by atoms with E-state index < -0.39 is 11.6 Å². The maximum Gasteiger partial charge on any atom is 0.170 e. The van der Waals surface area contributed by atoms with Gasteiger partial charge >= 0.3 is 0 Å². The fraction of sp³-hybridized carbons (Fsp3) is 0.188. The summed E-state index contributed by atoms with van der Waals surface area (Å²) in [4.78, 5) is 1.20. The van der Waals surface area contributed by atoms with E-state index in [-0.39, 0.29) is 0 Å². The van der Waals surface area contributed by atoms with Crippen molar-refractivity contribution in [1.82, 2.24) is 5.32 Å². The van der Waals surface area contributed by atoms with Crippen LogP contribution in [0.2, 0.25) is 0 Å². The van der Waals surface area contributed by atoms with E-state index in [1.807, 2.05) is 0 Å². The van der Waals surface area contributed by atoms with Crippen LogP contribution in [0.1, 0.15) is 5.56 Å². The molecule has 0 heterocycles. The summed E-state index contributed by atoms with van der Waals surface area (Å²) in [7, 11) is 0. The molecule has 0 aliphatic carbocycles. The monoisotopic (exact) mass is 338 g/mol. The molecule has 0 bridgehead atoms. The lowest BCUT2D eigenvalue weighted by Crippen LogP contribution is -2.30. The van der Waals surface area contributed by atoms with Gasteiger partial charge in [-0.1, -0.05) is 17.7 Å². The molecule has 2 N–H and O–H groups in total. The predicted octanol–water partition coefficient (Wildman–Crippen LogP) is 4.35. The normalized spacial score (nSPS) is 10.3. The molecule has 2 nitrogen and oxygen atoms in total. The SMILES string of the molecule is Cc1ccc(SCCNC(=S)Nc2ccc(F)c(F)c2)cc1. The molecule has 0 amide bonds. The Balaban J connectivity index is 1.71. The highest BCUT2D eigenvalue weighted by Gasteiger charge is 2.03. The van der Waals surface area contributed by atoms with Gasteiger partial charge in [-0.3, -0.25) is 0 Å². The number of anilines is 1. The van der Waals surface area contributed by atoms with E-state index in [0.29, 0.717) is 17.3 Å². The van der Waals surface area contributed by atoms with Gasteiger partial charge in [0.05, 0.1) is 0 Å². The summed E-state index contributed by atoms with van der Waals surface area (Å²) >= 11 is 6.83. The number of nitrogens with one attached hydrogen (secondary N) is 2. The Hall–Kier alpha value is -1.66. The Labute approximate surface area is 138 Å². The van der Waals surface area contributed by atoms with Crippen LogP contribution < -0.4 is 10.6 Å². The number of hydrogen-bond acceptors (Lipinski definition) is 2. The van der Waals surface area contributed by atoms with Crippen LogP contribution in [-0.2, 0) is 0 Å². The maximum atomic E-state index is 13.1. The second-order valence-electron chi connectivity index (χ2n) is 4.67. The Kier molecular flexibility index (Phi) is 6.15. The van der Waals surface area contributed by atoms with Gasteiger partial charge in [-0.15, -0.1) is 11.8 Å². The molecular formula is C16H16F2N2S2. The van der Waals surface area contributed by atoms with Crippen molar-refractivity contribution in [3.05, 3.63) is 59.7 Å². The Morgan fingerprint density at radius 3 is 2.50 bits per heavy atom. The number of hydrogen-bond donors (Lipinski definition) is 2. The molecule has 6 heteroatoms. The van der Waals surface area contributed by atoms with Crippen LogP contribution in [0.5, 0.6) is 0 Å². The molecule has 0 radical (unpaired) electrons. The molecule has 0 unspecified atom stereocenters. The van der Waals surface area contributed by atoms with Crippen LogP contribution in [0, 0.1) is 18.6 Å². The van der Waals surface area contributed by atoms with Gasteiger partial charge in [-0.2, -0.15) is 0 Å². The van der Waals surface area contributed by atoms with E-state index in [1.165, 1.54) is 16.5 Å². The van der Waals surface area contributed by atoms with Crippen molar-refractivity contribution >= 4 is 34.8 Å². The number of rotatable bonds is 5. The van der Waals surface area contributed by atoms with E-state index >= 15 is 0 Å². The van der Waals surface area contributed by atoms with Gasteiger partial charge in [-0.05, 0) is 43.4 Å². The number of benzene rings is 2. The smallest absolute Gasteiger partial charge is 0.170 e. The van der Waals surface area contributed by atoms with Gasteiger partial charge in [0.25, 0.3) is 0 Å². The third kappa shape index (κ3) is 5.27. The van der Waals surface area contributed by atoms with Crippen LogP contribution in [-0.4, -0.2) is 17.4 Å². The van der Waals surface area contributed by atoms with Crippen LogP contribution in [0.15, 0.2) is 47.4 Å². The molecule has 0 aliphatic rings. The minimum Gasteiger partial charge on any atom is -0.362 e.